The Morgan fingerprint density at radius 1 is 1.32 bits per heavy atom. The Morgan fingerprint density at radius 3 is 2.61 bits per heavy atom. The Labute approximate surface area is 170 Å². The van der Waals surface area contributed by atoms with E-state index in [1.165, 1.54) is 5.56 Å². The lowest BCUT2D eigenvalue weighted by atomic mass is 9.72. The Bertz CT molecular complexity index is 849. The van der Waals surface area contributed by atoms with E-state index in [2.05, 4.69) is 28.8 Å². The smallest absolute Gasteiger partial charge is 0.243 e. The molecule has 2 rings (SSSR count). The van der Waals surface area contributed by atoms with Crippen LogP contribution in [-0.2, 0) is 16.0 Å². The first-order valence-electron chi connectivity index (χ1n) is 9.11. The number of amides is 2. The second-order valence-electron chi connectivity index (χ2n) is 7.37. The summed E-state index contributed by atoms with van der Waals surface area (Å²) in [7, 11) is 0. The summed E-state index contributed by atoms with van der Waals surface area (Å²) in [5, 5.41) is 24.6. The Hall–Kier alpha value is -2.77. The van der Waals surface area contributed by atoms with Crippen molar-refractivity contribution < 1.29 is 9.59 Å². The Kier molecular flexibility index (Phi) is 7.25. The lowest BCUT2D eigenvalue weighted by Gasteiger charge is -2.34. The number of nitriles is 2. The van der Waals surface area contributed by atoms with Crippen molar-refractivity contribution in [3.05, 3.63) is 46.5 Å². The largest absolute Gasteiger partial charge is 0.353 e. The Balaban J connectivity index is 1.92. The number of carbonyl (C=O) groups is 2. The summed E-state index contributed by atoms with van der Waals surface area (Å²) in [4.78, 5) is 24.4. The average Bonchev–Trinajstić information content (AvgIpc) is 2.65. The van der Waals surface area contributed by atoms with Gasteiger partial charge in [-0.3, -0.25) is 9.59 Å². The number of thioether (sulfide) groups is 1. The van der Waals surface area contributed by atoms with Crippen LogP contribution in [-0.4, -0.2) is 23.6 Å². The highest BCUT2D eigenvalue weighted by atomic mass is 32.2. The average molecular weight is 397 g/mol. The first kappa shape index (κ1) is 21.5. The normalized spacial score (nSPS) is 19.2. The van der Waals surface area contributed by atoms with Crippen molar-refractivity contribution in [3.63, 3.8) is 0 Å². The fraction of sp³-hybridized carbons (Fsp3) is 0.429. The fourth-order valence-corrected chi connectivity index (χ4v) is 4.07. The zero-order valence-corrected chi connectivity index (χ0v) is 17.1. The van der Waals surface area contributed by atoms with Gasteiger partial charge in [0.15, 0.2) is 0 Å². The monoisotopic (exact) mass is 396 g/mol. The van der Waals surface area contributed by atoms with Crippen molar-refractivity contribution in [2.75, 3.05) is 5.75 Å². The molecule has 1 aliphatic heterocycles. The van der Waals surface area contributed by atoms with Crippen LogP contribution in [0.1, 0.15) is 32.8 Å². The maximum Gasteiger partial charge on any atom is 0.243 e. The van der Waals surface area contributed by atoms with Gasteiger partial charge in [0.25, 0.3) is 0 Å². The molecule has 146 valence electrons. The first-order valence-corrected chi connectivity index (χ1v) is 10.1. The molecule has 1 aromatic rings. The molecule has 0 aliphatic carbocycles. The number of hydrogen-bond acceptors (Lipinski definition) is 5. The Morgan fingerprint density at radius 2 is 2.00 bits per heavy atom. The van der Waals surface area contributed by atoms with Gasteiger partial charge in [-0.05, 0) is 25.3 Å². The molecule has 0 radical (unpaired) electrons. The van der Waals surface area contributed by atoms with Gasteiger partial charge in [-0.15, -0.1) is 0 Å². The summed E-state index contributed by atoms with van der Waals surface area (Å²) in [6.45, 7) is 5.35. The number of nitrogens with one attached hydrogen (secondary N) is 2. The van der Waals surface area contributed by atoms with Gasteiger partial charge in [0.1, 0.15) is 5.92 Å². The van der Waals surface area contributed by atoms with Gasteiger partial charge in [0.05, 0.1) is 28.5 Å². The molecular weight excluding hydrogens is 372 g/mol. The van der Waals surface area contributed by atoms with Crippen LogP contribution in [0.25, 0.3) is 0 Å². The first-order chi connectivity index (χ1) is 13.3. The summed E-state index contributed by atoms with van der Waals surface area (Å²) >= 11 is 1.12. The topological polar surface area (TPSA) is 106 Å². The number of hydrogen-bond donors (Lipinski definition) is 2. The molecule has 2 atom stereocenters. The number of benzene rings is 1. The van der Waals surface area contributed by atoms with Gasteiger partial charge in [-0.25, -0.2) is 0 Å². The lowest BCUT2D eigenvalue weighted by Crippen LogP contribution is -2.44. The van der Waals surface area contributed by atoms with E-state index in [4.69, 9.17) is 0 Å². The van der Waals surface area contributed by atoms with Crippen molar-refractivity contribution >= 4 is 23.6 Å². The third kappa shape index (κ3) is 5.15. The predicted octanol–water partition coefficient (Wildman–Crippen LogP) is 2.89. The van der Waals surface area contributed by atoms with E-state index < -0.39 is 17.2 Å². The van der Waals surface area contributed by atoms with Crippen LogP contribution < -0.4 is 10.6 Å². The molecule has 1 aliphatic rings. The highest BCUT2D eigenvalue weighted by molar-refractivity contribution is 8.03. The molecule has 2 amide bonds. The van der Waals surface area contributed by atoms with Crippen molar-refractivity contribution in [1.29, 1.82) is 10.5 Å². The van der Waals surface area contributed by atoms with Crippen molar-refractivity contribution in [1.82, 2.24) is 10.6 Å². The van der Waals surface area contributed by atoms with E-state index in [0.29, 0.717) is 10.6 Å². The van der Waals surface area contributed by atoms with E-state index in [9.17, 15) is 20.1 Å². The third-order valence-electron chi connectivity index (χ3n) is 4.80. The second kappa shape index (κ2) is 9.43. The quantitative estimate of drug-likeness (QED) is 0.737. The van der Waals surface area contributed by atoms with Crippen LogP contribution in [0, 0.1) is 34.0 Å². The second-order valence-corrected chi connectivity index (χ2v) is 8.36. The molecule has 6 nitrogen and oxygen atoms in total. The molecule has 0 saturated heterocycles. The highest BCUT2D eigenvalue weighted by Crippen LogP contribution is 2.41. The van der Waals surface area contributed by atoms with Gasteiger partial charge in [-0.1, -0.05) is 55.9 Å². The predicted molar refractivity (Wildman–Crippen MR) is 108 cm³/mol. The van der Waals surface area contributed by atoms with Crippen LogP contribution in [0.15, 0.2) is 40.9 Å². The summed E-state index contributed by atoms with van der Waals surface area (Å²) in [6.07, 6.45) is 1.69. The van der Waals surface area contributed by atoms with Gasteiger partial charge in [0.2, 0.25) is 11.8 Å². The van der Waals surface area contributed by atoms with E-state index >= 15 is 0 Å². The molecule has 0 bridgehead atoms. The van der Waals surface area contributed by atoms with Gasteiger partial charge in [-0.2, -0.15) is 10.5 Å². The van der Waals surface area contributed by atoms with Crippen LogP contribution in [0.4, 0.5) is 0 Å². The SMILES string of the molecule is C[C@H](CCc1ccccc1)NC(=O)CSC1=C(C#N)C(C)(C)[C@@H](C#N)C(=O)N1. The zero-order valence-electron chi connectivity index (χ0n) is 16.3. The third-order valence-corrected chi connectivity index (χ3v) is 5.80. The maximum absolute atomic E-state index is 12.3. The fourth-order valence-electron chi connectivity index (χ4n) is 3.09. The van der Waals surface area contributed by atoms with Gasteiger partial charge >= 0.3 is 0 Å². The molecule has 2 N–H and O–H groups in total. The molecule has 0 saturated carbocycles. The van der Waals surface area contributed by atoms with E-state index in [1.807, 2.05) is 31.2 Å². The summed E-state index contributed by atoms with van der Waals surface area (Å²) in [6, 6.07) is 14.1. The van der Waals surface area contributed by atoms with Crippen molar-refractivity contribution in [2.24, 2.45) is 11.3 Å². The minimum Gasteiger partial charge on any atom is -0.353 e. The molecule has 0 fully saturated rings. The standard InChI is InChI=1S/C21H24N4O2S/c1-14(9-10-15-7-5-4-6-8-15)24-18(26)13-28-20-17(12-23)21(2,3)16(11-22)19(27)25-20/h4-8,14,16H,9-10,13H2,1-3H3,(H,24,26)(H,25,27)/t14-,16+/m1/s1. The van der Waals surface area contributed by atoms with Crippen LogP contribution >= 0.6 is 11.8 Å². The van der Waals surface area contributed by atoms with Crippen LogP contribution in [0.3, 0.4) is 0 Å². The van der Waals surface area contributed by atoms with Gasteiger partial charge in [0, 0.05) is 11.5 Å². The molecular formula is C21H24N4O2S. The molecule has 0 unspecified atom stereocenters. The van der Waals surface area contributed by atoms with Crippen molar-refractivity contribution in [3.8, 4) is 12.1 Å². The molecule has 28 heavy (non-hydrogen) atoms. The molecule has 1 aromatic carbocycles. The lowest BCUT2D eigenvalue weighted by molar-refractivity contribution is -0.125. The summed E-state index contributed by atoms with van der Waals surface area (Å²) < 4.78 is 0. The van der Waals surface area contributed by atoms with Crippen molar-refractivity contribution in [2.45, 2.75) is 39.7 Å². The van der Waals surface area contributed by atoms with E-state index in [1.54, 1.807) is 13.8 Å². The van der Waals surface area contributed by atoms with Gasteiger partial charge < -0.3 is 10.6 Å². The van der Waals surface area contributed by atoms with Crippen LogP contribution in [0.5, 0.6) is 0 Å². The highest BCUT2D eigenvalue weighted by Gasteiger charge is 2.44. The number of nitrogens with zero attached hydrogens (tertiary/aromatic N) is 2. The number of carbonyl (C=O) groups excluding carboxylic acids is 2. The number of rotatable bonds is 7. The number of aryl methyl sites for hydroxylation is 1. The van der Waals surface area contributed by atoms with Crippen LogP contribution in [0.2, 0.25) is 0 Å². The molecule has 0 aromatic heterocycles. The maximum atomic E-state index is 12.3. The van der Waals surface area contributed by atoms with E-state index in [0.717, 1.165) is 24.6 Å². The molecule has 0 spiro atoms. The minimum atomic E-state index is -0.932. The van der Waals surface area contributed by atoms with E-state index in [-0.39, 0.29) is 17.7 Å². The summed E-state index contributed by atoms with van der Waals surface area (Å²) in [5.74, 6) is -1.45. The minimum absolute atomic E-state index is 0.0121. The summed E-state index contributed by atoms with van der Waals surface area (Å²) in [5.41, 5.74) is 0.655. The zero-order chi connectivity index (χ0) is 20.7. The molecule has 1 heterocycles. The molecule has 7 heteroatoms. The number of allylic oxidation sites excluding steroid dienone is 1.